The number of carboxylic acid groups (broad SMARTS) is 1. The van der Waals surface area contributed by atoms with E-state index >= 15 is 0 Å². The molecule has 0 amide bonds. The van der Waals surface area contributed by atoms with Crippen molar-refractivity contribution in [2.24, 2.45) is 0 Å². The number of nitrogens with one attached hydrogen (secondary N) is 1. The second-order valence-corrected chi connectivity index (χ2v) is 3.26. The van der Waals surface area contributed by atoms with Gasteiger partial charge in [-0.25, -0.2) is 4.79 Å². The smallest absolute Gasteiger partial charge is 0.345 e. The molecule has 0 saturated carbocycles. The van der Waals surface area contributed by atoms with Crippen LogP contribution in [0.2, 0.25) is 0 Å². The van der Waals surface area contributed by atoms with Crippen molar-refractivity contribution < 1.29 is 14.7 Å². The summed E-state index contributed by atoms with van der Waals surface area (Å²) in [5.74, 6) is -0.885. The van der Waals surface area contributed by atoms with Crippen LogP contribution in [0.3, 0.4) is 0 Å². The predicted octanol–water partition coefficient (Wildman–Crippen LogP) is 1.10. The summed E-state index contributed by atoms with van der Waals surface area (Å²) in [6.07, 6.45) is 0. The summed E-state index contributed by atoms with van der Waals surface area (Å²) < 4.78 is 0. The third-order valence-electron chi connectivity index (χ3n) is 1.26. The fourth-order valence-corrected chi connectivity index (χ4v) is 1.50. The van der Waals surface area contributed by atoms with Crippen molar-refractivity contribution in [3.8, 4) is 0 Å². The lowest BCUT2D eigenvalue weighted by molar-refractivity contribution is 0.0702. The number of hydrogen-bond donors (Lipinski definition) is 2. The van der Waals surface area contributed by atoms with Crippen LogP contribution in [0.1, 0.15) is 14.5 Å². The van der Waals surface area contributed by atoms with Crippen LogP contribution in [0.4, 0.5) is 0 Å². The molecule has 1 aromatic heterocycles. The van der Waals surface area contributed by atoms with Crippen LogP contribution in [0.5, 0.6) is 0 Å². The van der Waals surface area contributed by atoms with Gasteiger partial charge in [0, 0.05) is 4.88 Å². The minimum atomic E-state index is -0.885. The third-order valence-corrected chi connectivity index (χ3v) is 2.34. The van der Waals surface area contributed by atoms with Crippen LogP contribution in [-0.4, -0.2) is 18.2 Å². The maximum absolute atomic E-state index is 10.4. The SMILES string of the molecule is CONCc1ccc(C(=O)O)s1. The number of rotatable bonds is 4. The molecule has 0 aromatic carbocycles. The van der Waals surface area contributed by atoms with Gasteiger partial charge in [0.1, 0.15) is 4.88 Å². The lowest BCUT2D eigenvalue weighted by Gasteiger charge is -1.96. The number of hydrogen-bond acceptors (Lipinski definition) is 4. The minimum absolute atomic E-state index is 0.350. The average Bonchev–Trinajstić information content (AvgIpc) is 2.48. The minimum Gasteiger partial charge on any atom is -0.477 e. The number of hydroxylamine groups is 1. The summed E-state index contributed by atoms with van der Waals surface area (Å²) in [5, 5.41) is 8.58. The van der Waals surface area contributed by atoms with E-state index in [0.717, 1.165) is 4.88 Å². The van der Waals surface area contributed by atoms with E-state index in [1.807, 2.05) is 0 Å². The van der Waals surface area contributed by atoms with Crippen molar-refractivity contribution in [2.75, 3.05) is 7.11 Å². The van der Waals surface area contributed by atoms with Gasteiger partial charge in [-0.15, -0.1) is 11.3 Å². The molecule has 2 N–H and O–H groups in total. The van der Waals surface area contributed by atoms with Crippen LogP contribution in [-0.2, 0) is 11.4 Å². The molecule has 4 nitrogen and oxygen atoms in total. The fraction of sp³-hybridized carbons (Fsp3) is 0.286. The zero-order valence-corrected chi connectivity index (χ0v) is 7.35. The lowest BCUT2D eigenvalue weighted by atomic mass is 10.4. The van der Waals surface area contributed by atoms with Crippen LogP contribution >= 0.6 is 11.3 Å². The predicted molar refractivity (Wildman–Crippen MR) is 45.1 cm³/mol. The molecule has 0 radical (unpaired) electrons. The molecule has 0 bridgehead atoms. The molecule has 0 aliphatic heterocycles. The molecule has 1 rings (SSSR count). The van der Waals surface area contributed by atoms with E-state index in [4.69, 9.17) is 5.11 Å². The fourth-order valence-electron chi connectivity index (χ4n) is 0.731. The molecule has 0 aliphatic carbocycles. The van der Waals surface area contributed by atoms with Crippen molar-refractivity contribution in [2.45, 2.75) is 6.54 Å². The molecule has 1 aromatic rings. The van der Waals surface area contributed by atoms with E-state index in [9.17, 15) is 4.79 Å². The normalized spacial score (nSPS) is 10.1. The van der Waals surface area contributed by atoms with Crippen LogP contribution in [0, 0.1) is 0 Å². The maximum Gasteiger partial charge on any atom is 0.345 e. The summed E-state index contributed by atoms with van der Waals surface area (Å²) >= 11 is 1.24. The standard InChI is InChI=1S/C7H9NO3S/c1-11-8-4-5-2-3-6(12-5)7(9)10/h2-3,8H,4H2,1H3,(H,9,10). The van der Waals surface area contributed by atoms with E-state index in [1.165, 1.54) is 18.4 Å². The number of thiophene rings is 1. The van der Waals surface area contributed by atoms with E-state index in [-0.39, 0.29) is 0 Å². The quantitative estimate of drug-likeness (QED) is 0.693. The first-order valence-electron chi connectivity index (χ1n) is 3.32. The largest absolute Gasteiger partial charge is 0.477 e. The monoisotopic (exact) mass is 187 g/mol. The Labute approximate surface area is 73.7 Å². The highest BCUT2D eigenvalue weighted by Gasteiger charge is 2.05. The van der Waals surface area contributed by atoms with Crippen molar-refractivity contribution in [3.63, 3.8) is 0 Å². The van der Waals surface area contributed by atoms with Gasteiger partial charge in [0.2, 0.25) is 0 Å². The van der Waals surface area contributed by atoms with Crippen LogP contribution in [0.15, 0.2) is 12.1 Å². The molecule has 0 fully saturated rings. The number of aromatic carboxylic acids is 1. The summed E-state index contributed by atoms with van der Waals surface area (Å²) in [4.78, 5) is 16.4. The van der Waals surface area contributed by atoms with Gasteiger partial charge in [-0.3, -0.25) is 0 Å². The lowest BCUT2D eigenvalue weighted by Crippen LogP contribution is -2.09. The second kappa shape index (κ2) is 4.20. The highest BCUT2D eigenvalue weighted by molar-refractivity contribution is 7.13. The van der Waals surface area contributed by atoms with Crippen molar-refractivity contribution in [1.82, 2.24) is 5.48 Å². The first-order valence-corrected chi connectivity index (χ1v) is 4.13. The van der Waals surface area contributed by atoms with Crippen LogP contribution < -0.4 is 5.48 Å². The van der Waals surface area contributed by atoms with Crippen molar-refractivity contribution in [1.29, 1.82) is 0 Å². The first kappa shape index (κ1) is 9.18. The van der Waals surface area contributed by atoms with Gasteiger partial charge in [-0.05, 0) is 12.1 Å². The Morgan fingerprint density at radius 3 is 3.00 bits per heavy atom. The molecule has 0 atom stereocenters. The zero-order valence-electron chi connectivity index (χ0n) is 6.53. The Balaban J connectivity index is 2.58. The molecular formula is C7H9NO3S. The van der Waals surface area contributed by atoms with Gasteiger partial charge in [-0.1, -0.05) is 0 Å². The molecule has 0 saturated heterocycles. The Bertz CT molecular complexity index is 271. The average molecular weight is 187 g/mol. The molecule has 0 aliphatic rings. The Morgan fingerprint density at radius 2 is 2.50 bits per heavy atom. The van der Waals surface area contributed by atoms with E-state index in [0.29, 0.717) is 11.4 Å². The molecule has 0 spiro atoms. The summed E-state index contributed by atoms with van der Waals surface area (Å²) in [7, 11) is 1.52. The summed E-state index contributed by atoms with van der Waals surface area (Å²) in [6.45, 7) is 0.536. The highest BCUT2D eigenvalue weighted by atomic mass is 32.1. The molecule has 5 heteroatoms. The third kappa shape index (κ3) is 2.30. The zero-order chi connectivity index (χ0) is 8.97. The Hall–Kier alpha value is -0.910. The number of carbonyl (C=O) groups is 1. The Morgan fingerprint density at radius 1 is 1.75 bits per heavy atom. The highest BCUT2D eigenvalue weighted by Crippen LogP contribution is 2.15. The summed E-state index contributed by atoms with van der Waals surface area (Å²) in [5.41, 5.74) is 2.63. The molecule has 12 heavy (non-hydrogen) atoms. The Kier molecular flexibility index (Phi) is 3.21. The second-order valence-electron chi connectivity index (χ2n) is 2.10. The van der Waals surface area contributed by atoms with Gasteiger partial charge in [-0.2, -0.15) is 5.48 Å². The van der Waals surface area contributed by atoms with Gasteiger partial charge >= 0.3 is 5.97 Å². The van der Waals surface area contributed by atoms with Gasteiger partial charge in [0.15, 0.2) is 0 Å². The molecular weight excluding hydrogens is 178 g/mol. The summed E-state index contributed by atoms with van der Waals surface area (Å²) in [6, 6.07) is 3.35. The van der Waals surface area contributed by atoms with E-state index < -0.39 is 5.97 Å². The van der Waals surface area contributed by atoms with Crippen molar-refractivity contribution in [3.05, 3.63) is 21.9 Å². The van der Waals surface area contributed by atoms with Crippen LogP contribution in [0.25, 0.3) is 0 Å². The van der Waals surface area contributed by atoms with Crippen molar-refractivity contribution >= 4 is 17.3 Å². The molecule has 1 heterocycles. The van der Waals surface area contributed by atoms with E-state index in [2.05, 4.69) is 10.3 Å². The topological polar surface area (TPSA) is 58.6 Å². The maximum atomic E-state index is 10.4. The van der Waals surface area contributed by atoms with Gasteiger partial charge in [0.25, 0.3) is 0 Å². The number of carboxylic acids is 1. The van der Waals surface area contributed by atoms with Gasteiger partial charge in [0.05, 0.1) is 13.7 Å². The van der Waals surface area contributed by atoms with E-state index in [1.54, 1.807) is 12.1 Å². The molecule has 66 valence electrons. The first-order chi connectivity index (χ1) is 5.74. The van der Waals surface area contributed by atoms with Gasteiger partial charge < -0.3 is 9.94 Å². The molecule has 0 unspecified atom stereocenters.